The third kappa shape index (κ3) is 2.76. The standard InChI is InChI=1S/C18H23ClN4O2/c1-16(2,3)25-15(24)22-17-5-7-18(10-17,8-6-17)23-9-4-12-13(19)20-11-21-14(12)23/h4,9,11H,5-8,10H2,1-3H3,(H,22,24). The van der Waals surface area contributed by atoms with Crippen LogP contribution in [0.3, 0.4) is 0 Å². The molecular weight excluding hydrogens is 340 g/mol. The van der Waals surface area contributed by atoms with Crippen molar-refractivity contribution in [3.8, 4) is 0 Å². The maximum absolute atomic E-state index is 12.3. The summed E-state index contributed by atoms with van der Waals surface area (Å²) in [5.41, 5.74) is 0.179. The lowest BCUT2D eigenvalue weighted by atomic mass is 9.91. The van der Waals surface area contributed by atoms with E-state index in [1.807, 2.05) is 26.8 Å². The molecule has 0 aromatic carbocycles. The molecule has 2 saturated carbocycles. The maximum Gasteiger partial charge on any atom is 0.408 e. The first kappa shape index (κ1) is 16.6. The number of aromatic nitrogens is 3. The summed E-state index contributed by atoms with van der Waals surface area (Å²) in [4.78, 5) is 20.8. The largest absolute Gasteiger partial charge is 0.444 e. The molecule has 4 rings (SSSR count). The third-order valence-electron chi connectivity index (χ3n) is 5.52. The zero-order valence-corrected chi connectivity index (χ0v) is 15.6. The fourth-order valence-electron chi connectivity index (χ4n) is 4.50. The van der Waals surface area contributed by atoms with Crippen LogP contribution in [-0.4, -0.2) is 31.8 Å². The zero-order valence-electron chi connectivity index (χ0n) is 14.8. The molecule has 6 nitrogen and oxygen atoms in total. The van der Waals surface area contributed by atoms with Crippen LogP contribution in [0.2, 0.25) is 5.15 Å². The normalized spacial score (nSPS) is 28.5. The quantitative estimate of drug-likeness (QED) is 0.819. The van der Waals surface area contributed by atoms with Gasteiger partial charge in [-0.3, -0.25) is 0 Å². The van der Waals surface area contributed by atoms with Crippen molar-refractivity contribution >= 4 is 28.7 Å². The molecule has 1 N–H and O–H groups in total. The monoisotopic (exact) mass is 362 g/mol. The Kier molecular flexibility index (Phi) is 3.55. The number of nitrogens with zero attached hydrogens (tertiary/aromatic N) is 3. The molecule has 1 amide bonds. The van der Waals surface area contributed by atoms with Gasteiger partial charge in [-0.15, -0.1) is 0 Å². The summed E-state index contributed by atoms with van der Waals surface area (Å²) >= 11 is 6.20. The Labute approximate surface area is 151 Å². The molecule has 0 saturated heterocycles. The number of fused-ring (bicyclic) bond motifs is 3. The smallest absolute Gasteiger partial charge is 0.408 e. The van der Waals surface area contributed by atoms with E-state index in [1.165, 1.54) is 6.33 Å². The third-order valence-corrected chi connectivity index (χ3v) is 5.82. The molecule has 2 bridgehead atoms. The van der Waals surface area contributed by atoms with E-state index in [4.69, 9.17) is 16.3 Å². The van der Waals surface area contributed by atoms with Gasteiger partial charge in [0.25, 0.3) is 0 Å². The van der Waals surface area contributed by atoms with E-state index in [9.17, 15) is 4.79 Å². The number of ether oxygens (including phenoxy) is 1. The van der Waals surface area contributed by atoms with Crippen LogP contribution in [0.5, 0.6) is 0 Å². The van der Waals surface area contributed by atoms with Gasteiger partial charge >= 0.3 is 6.09 Å². The minimum Gasteiger partial charge on any atom is -0.444 e. The van der Waals surface area contributed by atoms with Gasteiger partial charge in [0.05, 0.1) is 5.39 Å². The van der Waals surface area contributed by atoms with Crippen LogP contribution in [0.15, 0.2) is 18.6 Å². The molecule has 0 radical (unpaired) electrons. The highest BCUT2D eigenvalue weighted by molar-refractivity contribution is 6.33. The van der Waals surface area contributed by atoms with E-state index in [0.717, 1.165) is 43.1 Å². The van der Waals surface area contributed by atoms with E-state index in [2.05, 4.69) is 26.0 Å². The van der Waals surface area contributed by atoms with Gasteiger partial charge in [-0.2, -0.15) is 0 Å². The number of alkyl carbamates (subject to hydrolysis) is 1. The molecule has 0 spiro atoms. The molecule has 0 aliphatic heterocycles. The van der Waals surface area contributed by atoms with Crippen molar-refractivity contribution in [2.75, 3.05) is 0 Å². The predicted molar refractivity (Wildman–Crippen MR) is 95.7 cm³/mol. The van der Waals surface area contributed by atoms with Crippen LogP contribution >= 0.6 is 11.6 Å². The second kappa shape index (κ2) is 5.34. The van der Waals surface area contributed by atoms with E-state index < -0.39 is 5.60 Å². The highest BCUT2D eigenvalue weighted by Crippen LogP contribution is 2.55. The number of rotatable bonds is 2. The highest BCUT2D eigenvalue weighted by Gasteiger charge is 2.56. The van der Waals surface area contributed by atoms with Gasteiger partial charge in [0, 0.05) is 17.3 Å². The summed E-state index contributed by atoms with van der Waals surface area (Å²) in [6.07, 6.45) is 8.05. The second-order valence-corrected chi connectivity index (χ2v) is 8.75. The van der Waals surface area contributed by atoms with Gasteiger partial charge in [-0.1, -0.05) is 11.6 Å². The first-order valence-electron chi connectivity index (χ1n) is 8.71. The topological polar surface area (TPSA) is 69.0 Å². The summed E-state index contributed by atoms with van der Waals surface area (Å²) < 4.78 is 7.70. The van der Waals surface area contributed by atoms with Gasteiger partial charge in [-0.25, -0.2) is 14.8 Å². The van der Waals surface area contributed by atoms with Crippen molar-refractivity contribution in [1.29, 1.82) is 0 Å². The number of hydrogen-bond acceptors (Lipinski definition) is 4. The first-order valence-corrected chi connectivity index (χ1v) is 9.09. The molecule has 2 aromatic rings. The summed E-state index contributed by atoms with van der Waals surface area (Å²) in [5, 5.41) is 4.51. The molecule has 7 heteroatoms. The lowest BCUT2D eigenvalue weighted by Crippen LogP contribution is -2.47. The molecule has 2 heterocycles. The van der Waals surface area contributed by atoms with E-state index in [1.54, 1.807) is 0 Å². The van der Waals surface area contributed by atoms with Crippen molar-refractivity contribution < 1.29 is 9.53 Å². The van der Waals surface area contributed by atoms with Crippen molar-refractivity contribution in [2.45, 2.75) is 69.6 Å². The second-order valence-electron chi connectivity index (χ2n) is 8.40. The molecule has 25 heavy (non-hydrogen) atoms. The van der Waals surface area contributed by atoms with E-state index in [-0.39, 0.29) is 17.2 Å². The minimum absolute atomic E-state index is 0.0194. The van der Waals surface area contributed by atoms with Gasteiger partial charge in [-0.05, 0) is 58.9 Å². The fourth-order valence-corrected chi connectivity index (χ4v) is 4.69. The van der Waals surface area contributed by atoms with Crippen LogP contribution in [0, 0.1) is 0 Å². The first-order chi connectivity index (χ1) is 11.7. The lowest BCUT2D eigenvalue weighted by Gasteiger charge is -2.30. The van der Waals surface area contributed by atoms with E-state index >= 15 is 0 Å². The van der Waals surface area contributed by atoms with Gasteiger partial charge in [0.2, 0.25) is 0 Å². The molecule has 2 fully saturated rings. The minimum atomic E-state index is -0.487. The maximum atomic E-state index is 12.3. The van der Waals surface area contributed by atoms with Crippen LogP contribution < -0.4 is 5.32 Å². The molecule has 2 aliphatic carbocycles. The average Bonchev–Trinajstić information content (AvgIpc) is 3.16. The molecule has 2 aromatic heterocycles. The Morgan fingerprint density at radius 1 is 1.28 bits per heavy atom. The van der Waals surface area contributed by atoms with Crippen molar-refractivity contribution in [1.82, 2.24) is 19.9 Å². The number of carbonyl (C=O) groups is 1. The molecule has 134 valence electrons. The van der Waals surface area contributed by atoms with Crippen LogP contribution in [0.1, 0.15) is 52.9 Å². The van der Waals surface area contributed by atoms with Crippen molar-refractivity contribution in [3.63, 3.8) is 0 Å². The Morgan fingerprint density at radius 2 is 2.00 bits per heavy atom. The van der Waals surface area contributed by atoms with Crippen molar-refractivity contribution in [2.24, 2.45) is 0 Å². The number of hydrogen-bond donors (Lipinski definition) is 1. The fraction of sp³-hybridized carbons (Fsp3) is 0.611. The van der Waals surface area contributed by atoms with Crippen molar-refractivity contribution in [3.05, 3.63) is 23.7 Å². The Hall–Kier alpha value is -1.82. The highest BCUT2D eigenvalue weighted by atomic mass is 35.5. The molecule has 0 unspecified atom stereocenters. The zero-order chi connectivity index (χ0) is 17.9. The number of amides is 1. The average molecular weight is 363 g/mol. The summed E-state index contributed by atoms with van der Waals surface area (Å²) in [6, 6.07) is 1.98. The number of halogens is 1. The Bertz CT molecular complexity index is 831. The van der Waals surface area contributed by atoms with E-state index in [0.29, 0.717) is 5.15 Å². The van der Waals surface area contributed by atoms with Crippen LogP contribution in [-0.2, 0) is 10.3 Å². The summed E-state index contributed by atoms with van der Waals surface area (Å²) in [7, 11) is 0. The predicted octanol–water partition coefficient (Wildman–Crippen LogP) is 4.02. The Balaban J connectivity index is 1.60. The summed E-state index contributed by atoms with van der Waals surface area (Å²) in [6.45, 7) is 5.65. The Morgan fingerprint density at radius 3 is 2.68 bits per heavy atom. The number of carbonyl (C=O) groups excluding carboxylic acids is 1. The molecule has 2 aliphatic rings. The van der Waals surface area contributed by atoms with Crippen LogP contribution in [0.25, 0.3) is 11.0 Å². The SMILES string of the molecule is CC(C)(C)OC(=O)NC12CCC(n3ccc4c(Cl)ncnc43)(CC1)C2. The number of nitrogens with one attached hydrogen (secondary N) is 1. The van der Waals surface area contributed by atoms with Gasteiger partial charge in [0.15, 0.2) is 0 Å². The van der Waals surface area contributed by atoms with Gasteiger partial charge < -0.3 is 14.6 Å². The molecular formula is C18H23ClN4O2. The lowest BCUT2D eigenvalue weighted by molar-refractivity contribution is 0.0458. The van der Waals surface area contributed by atoms with Crippen LogP contribution in [0.4, 0.5) is 4.79 Å². The summed E-state index contributed by atoms with van der Waals surface area (Å²) in [5.74, 6) is 0. The molecule has 0 atom stereocenters. The van der Waals surface area contributed by atoms with Gasteiger partial charge in [0.1, 0.15) is 22.7 Å².